The summed E-state index contributed by atoms with van der Waals surface area (Å²) >= 11 is 0. The Morgan fingerprint density at radius 3 is 2.73 bits per heavy atom. The Morgan fingerprint density at radius 1 is 1.55 bits per heavy atom. The molecule has 11 heavy (non-hydrogen) atoms. The van der Waals surface area contributed by atoms with Crippen LogP contribution in [0.3, 0.4) is 0 Å². The van der Waals surface area contributed by atoms with Crippen molar-refractivity contribution in [1.29, 1.82) is 0 Å². The zero-order valence-electron chi connectivity index (χ0n) is 7.36. The highest BCUT2D eigenvalue weighted by molar-refractivity contribution is 4.78. The number of hydrogen-bond donors (Lipinski definition) is 0. The molecule has 3 nitrogen and oxygen atoms in total. The average molecular weight is 153 g/mol. The van der Waals surface area contributed by atoms with Crippen molar-refractivity contribution in [2.45, 2.75) is 19.5 Å². The molecule has 1 heterocycles. The van der Waals surface area contributed by atoms with Crippen molar-refractivity contribution < 1.29 is 0 Å². The lowest BCUT2D eigenvalue weighted by Crippen LogP contribution is -2.29. The lowest BCUT2D eigenvalue weighted by atomic mass is 10.3. The summed E-state index contributed by atoms with van der Waals surface area (Å²) < 4.78 is 1.95. The summed E-state index contributed by atoms with van der Waals surface area (Å²) in [5.74, 6) is 0. The van der Waals surface area contributed by atoms with E-state index in [1.165, 1.54) is 0 Å². The van der Waals surface area contributed by atoms with Crippen molar-refractivity contribution in [3.8, 4) is 0 Å². The molecule has 1 aromatic heterocycles. The highest BCUT2D eigenvalue weighted by Crippen LogP contribution is 1.95. The second-order valence-corrected chi connectivity index (χ2v) is 3.04. The van der Waals surface area contributed by atoms with Gasteiger partial charge in [-0.05, 0) is 27.1 Å². The van der Waals surface area contributed by atoms with Gasteiger partial charge in [0, 0.05) is 18.4 Å². The van der Waals surface area contributed by atoms with Gasteiger partial charge in [0.25, 0.3) is 0 Å². The third kappa shape index (κ3) is 2.35. The van der Waals surface area contributed by atoms with Gasteiger partial charge in [0.1, 0.15) is 0 Å². The highest BCUT2D eigenvalue weighted by Gasteiger charge is 2.03. The topological polar surface area (TPSA) is 21.1 Å². The minimum Gasteiger partial charge on any atom is -0.305 e. The first-order valence-electron chi connectivity index (χ1n) is 3.84. The van der Waals surface area contributed by atoms with Gasteiger partial charge in [-0.3, -0.25) is 4.68 Å². The van der Waals surface area contributed by atoms with Gasteiger partial charge in [0.05, 0.1) is 6.54 Å². The predicted molar refractivity (Wildman–Crippen MR) is 45.4 cm³/mol. The molecule has 0 aliphatic carbocycles. The standard InChI is InChI=1S/C8H15N3/c1-8(10(2)3)7-11-6-4-5-9-11/h4-6,8H,7H2,1-3H3. The summed E-state index contributed by atoms with van der Waals surface area (Å²) in [7, 11) is 4.16. The van der Waals surface area contributed by atoms with Gasteiger partial charge in [0.15, 0.2) is 0 Å². The van der Waals surface area contributed by atoms with Crippen LogP contribution in [-0.4, -0.2) is 34.8 Å². The molecule has 0 aromatic carbocycles. The van der Waals surface area contributed by atoms with E-state index in [4.69, 9.17) is 0 Å². The molecule has 62 valence electrons. The zero-order chi connectivity index (χ0) is 8.27. The fourth-order valence-corrected chi connectivity index (χ4v) is 0.842. The van der Waals surface area contributed by atoms with Crippen molar-refractivity contribution in [3.05, 3.63) is 18.5 Å². The van der Waals surface area contributed by atoms with Crippen molar-refractivity contribution in [2.24, 2.45) is 0 Å². The lowest BCUT2D eigenvalue weighted by molar-refractivity contribution is 0.276. The van der Waals surface area contributed by atoms with E-state index < -0.39 is 0 Å². The molecular formula is C8H15N3. The molecule has 0 aliphatic heterocycles. The predicted octanol–water partition coefficient (Wildman–Crippen LogP) is 0.833. The van der Waals surface area contributed by atoms with Gasteiger partial charge in [-0.1, -0.05) is 0 Å². The zero-order valence-corrected chi connectivity index (χ0v) is 7.36. The van der Waals surface area contributed by atoms with Crippen molar-refractivity contribution >= 4 is 0 Å². The molecule has 3 heteroatoms. The molecule has 1 aromatic rings. The second-order valence-electron chi connectivity index (χ2n) is 3.04. The Labute approximate surface area is 67.6 Å². The molecule has 0 fully saturated rings. The largest absolute Gasteiger partial charge is 0.305 e. The highest BCUT2D eigenvalue weighted by atomic mass is 15.3. The van der Waals surface area contributed by atoms with Gasteiger partial charge in [-0.15, -0.1) is 0 Å². The van der Waals surface area contributed by atoms with Gasteiger partial charge in [0.2, 0.25) is 0 Å². The average Bonchev–Trinajstić information content (AvgIpc) is 2.39. The van der Waals surface area contributed by atoms with Crippen LogP contribution < -0.4 is 0 Å². The first kappa shape index (κ1) is 8.27. The van der Waals surface area contributed by atoms with E-state index in [0.717, 1.165) is 6.54 Å². The second kappa shape index (κ2) is 3.53. The van der Waals surface area contributed by atoms with Gasteiger partial charge in [-0.2, -0.15) is 5.10 Å². The van der Waals surface area contributed by atoms with Crippen LogP contribution in [0.5, 0.6) is 0 Å². The Morgan fingerprint density at radius 2 is 2.27 bits per heavy atom. The summed E-state index contributed by atoms with van der Waals surface area (Å²) in [6.07, 6.45) is 3.79. The van der Waals surface area contributed by atoms with Crippen LogP contribution in [0.4, 0.5) is 0 Å². The van der Waals surface area contributed by atoms with Crippen LogP contribution in [0.25, 0.3) is 0 Å². The van der Waals surface area contributed by atoms with Crippen LogP contribution in [-0.2, 0) is 6.54 Å². The van der Waals surface area contributed by atoms with E-state index in [0.29, 0.717) is 6.04 Å². The van der Waals surface area contributed by atoms with Crippen molar-refractivity contribution in [3.63, 3.8) is 0 Å². The first-order chi connectivity index (χ1) is 5.20. The molecule has 0 radical (unpaired) electrons. The number of nitrogens with zero attached hydrogens (tertiary/aromatic N) is 3. The lowest BCUT2D eigenvalue weighted by Gasteiger charge is -2.19. The Hall–Kier alpha value is -0.830. The maximum absolute atomic E-state index is 4.13. The van der Waals surface area contributed by atoms with E-state index in [1.807, 2.05) is 23.1 Å². The van der Waals surface area contributed by atoms with Crippen LogP contribution >= 0.6 is 0 Å². The number of hydrogen-bond acceptors (Lipinski definition) is 2. The molecule has 0 aliphatic rings. The number of likely N-dealkylation sites (N-methyl/N-ethyl adjacent to an activating group) is 1. The van der Waals surface area contributed by atoms with Crippen molar-refractivity contribution in [2.75, 3.05) is 14.1 Å². The Bertz CT molecular complexity index is 191. The normalized spacial score (nSPS) is 13.8. The first-order valence-corrected chi connectivity index (χ1v) is 3.84. The minimum atomic E-state index is 0.537. The van der Waals surface area contributed by atoms with E-state index in [2.05, 4.69) is 31.0 Å². The fourth-order valence-electron chi connectivity index (χ4n) is 0.842. The van der Waals surface area contributed by atoms with E-state index >= 15 is 0 Å². The maximum atomic E-state index is 4.13. The molecule has 1 rings (SSSR count). The maximum Gasteiger partial charge on any atom is 0.0561 e. The summed E-state index contributed by atoms with van der Waals surface area (Å²) in [6, 6.07) is 2.48. The smallest absolute Gasteiger partial charge is 0.0561 e. The Balaban J connectivity index is 2.43. The van der Waals surface area contributed by atoms with E-state index in [1.54, 1.807) is 0 Å². The molecule has 0 saturated heterocycles. The van der Waals surface area contributed by atoms with Crippen molar-refractivity contribution in [1.82, 2.24) is 14.7 Å². The molecule has 0 N–H and O–H groups in total. The van der Waals surface area contributed by atoms with Crippen LogP contribution in [0.15, 0.2) is 18.5 Å². The van der Waals surface area contributed by atoms with E-state index in [9.17, 15) is 0 Å². The summed E-state index contributed by atoms with van der Waals surface area (Å²) in [6.45, 7) is 3.14. The van der Waals surface area contributed by atoms with Gasteiger partial charge in [-0.25, -0.2) is 0 Å². The molecule has 0 bridgehead atoms. The summed E-state index contributed by atoms with van der Waals surface area (Å²) in [4.78, 5) is 2.18. The van der Waals surface area contributed by atoms with Gasteiger partial charge < -0.3 is 4.90 Å². The molecule has 1 unspecified atom stereocenters. The Kier molecular flexibility index (Phi) is 2.65. The monoisotopic (exact) mass is 153 g/mol. The van der Waals surface area contributed by atoms with Crippen LogP contribution in [0.1, 0.15) is 6.92 Å². The number of rotatable bonds is 3. The van der Waals surface area contributed by atoms with Crippen LogP contribution in [0, 0.1) is 0 Å². The van der Waals surface area contributed by atoms with E-state index in [-0.39, 0.29) is 0 Å². The molecular weight excluding hydrogens is 138 g/mol. The molecule has 0 amide bonds. The molecule has 0 spiro atoms. The SMILES string of the molecule is CC(Cn1cccn1)N(C)C. The van der Waals surface area contributed by atoms with Crippen LogP contribution in [0.2, 0.25) is 0 Å². The quantitative estimate of drug-likeness (QED) is 0.641. The minimum absolute atomic E-state index is 0.537. The third-order valence-electron chi connectivity index (χ3n) is 1.89. The molecule has 0 saturated carbocycles. The summed E-state index contributed by atoms with van der Waals surface area (Å²) in [5.41, 5.74) is 0. The van der Waals surface area contributed by atoms with Gasteiger partial charge >= 0.3 is 0 Å². The summed E-state index contributed by atoms with van der Waals surface area (Å²) in [5, 5.41) is 4.13. The third-order valence-corrected chi connectivity index (χ3v) is 1.89. The molecule has 1 atom stereocenters. The number of aromatic nitrogens is 2. The fraction of sp³-hybridized carbons (Fsp3) is 0.625.